The molecular weight excluding hydrogens is 736 g/mol. The van der Waals surface area contributed by atoms with E-state index < -0.39 is 0 Å². The van der Waals surface area contributed by atoms with Crippen LogP contribution in [0.1, 0.15) is 143 Å². The monoisotopic (exact) mass is 782 g/mol. The fourth-order valence-electron chi connectivity index (χ4n) is 9.21. The summed E-state index contributed by atoms with van der Waals surface area (Å²) in [5, 5.41) is 6.69. The van der Waals surface area contributed by atoms with Crippen molar-refractivity contribution in [3.05, 3.63) is 98.5 Å². The van der Waals surface area contributed by atoms with Gasteiger partial charge in [0.25, 0.3) is 23.6 Å². The first-order chi connectivity index (χ1) is 26.2. The molecule has 0 spiro atoms. The number of nitrogens with zero attached hydrogens (tertiary/aromatic N) is 2. The van der Waals surface area contributed by atoms with Gasteiger partial charge in [-0.15, -0.1) is 0 Å². The highest BCUT2D eigenvalue weighted by atomic mass is 79.9. The van der Waals surface area contributed by atoms with E-state index in [1.165, 1.54) is 43.4 Å². The number of rotatable bonds is 14. The van der Waals surface area contributed by atoms with Crippen molar-refractivity contribution < 1.29 is 19.2 Å². The molecule has 0 atom stereocenters. The Morgan fingerprint density at radius 1 is 0.500 bits per heavy atom. The van der Waals surface area contributed by atoms with Crippen molar-refractivity contribution in [1.29, 1.82) is 0 Å². The Balaban J connectivity index is 1.23. The van der Waals surface area contributed by atoms with Crippen molar-refractivity contribution >= 4 is 88.3 Å². The van der Waals surface area contributed by atoms with Crippen LogP contribution >= 0.6 is 15.9 Å². The van der Waals surface area contributed by atoms with Crippen LogP contribution in [-0.4, -0.2) is 34.6 Å². The molecule has 0 aromatic heterocycles. The molecule has 6 nitrogen and oxygen atoms in total. The van der Waals surface area contributed by atoms with Crippen molar-refractivity contribution in [3.8, 4) is 0 Å². The first-order valence-corrected chi connectivity index (χ1v) is 20.7. The summed E-state index contributed by atoms with van der Waals surface area (Å²) in [6, 6.07) is 19.1. The number of anilines is 1. The van der Waals surface area contributed by atoms with Crippen molar-refractivity contribution in [2.24, 2.45) is 0 Å². The molecule has 2 aliphatic heterocycles. The van der Waals surface area contributed by atoms with Crippen LogP contribution in [0.25, 0.3) is 43.1 Å². The highest BCUT2D eigenvalue weighted by molar-refractivity contribution is 9.10. The molecule has 2 aliphatic rings. The Labute approximate surface area is 325 Å². The Kier molecular flexibility index (Phi) is 9.80. The first-order valence-electron chi connectivity index (χ1n) is 19.9. The van der Waals surface area contributed by atoms with E-state index in [2.05, 4.69) is 29.8 Å². The molecule has 276 valence electrons. The van der Waals surface area contributed by atoms with Gasteiger partial charge in [-0.1, -0.05) is 118 Å². The Bertz CT molecular complexity index is 2380. The number of hydrogen-bond donors (Lipinski definition) is 0. The largest absolute Gasteiger partial charge is 0.271 e. The third kappa shape index (κ3) is 5.73. The molecule has 54 heavy (non-hydrogen) atoms. The summed E-state index contributed by atoms with van der Waals surface area (Å²) in [6.07, 6.45) is 13.0. The minimum Gasteiger partial charge on any atom is -0.271 e. The van der Waals surface area contributed by atoms with Crippen LogP contribution in [0.5, 0.6) is 0 Å². The molecule has 0 aliphatic carbocycles. The third-order valence-corrected chi connectivity index (χ3v) is 12.9. The van der Waals surface area contributed by atoms with Crippen molar-refractivity contribution in [2.75, 3.05) is 4.90 Å². The van der Waals surface area contributed by atoms with Crippen LogP contribution in [0.2, 0.25) is 0 Å². The van der Waals surface area contributed by atoms with Gasteiger partial charge >= 0.3 is 0 Å². The number of fused-ring (bicyclic) bond motifs is 2. The highest BCUT2D eigenvalue weighted by Crippen LogP contribution is 2.47. The maximum atomic E-state index is 14.5. The number of amides is 4. The summed E-state index contributed by atoms with van der Waals surface area (Å²) in [4.78, 5) is 60.5. The summed E-state index contributed by atoms with van der Waals surface area (Å²) >= 11 is 3.58. The van der Waals surface area contributed by atoms with Crippen molar-refractivity contribution in [1.82, 2.24) is 4.90 Å². The van der Waals surface area contributed by atoms with E-state index in [1.54, 1.807) is 4.90 Å². The van der Waals surface area contributed by atoms with E-state index in [1.807, 2.05) is 74.5 Å². The molecule has 0 unspecified atom stereocenters. The van der Waals surface area contributed by atoms with E-state index >= 15 is 0 Å². The zero-order valence-corrected chi connectivity index (χ0v) is 33.3. The van der Waals surface area contributed by atoms with Gasteiger partial charge in [-0.25, -0.2) is 4.90 Å². The van der Waals surface area contributed by atoms with E-state index in [0.717, 1.165) is 86.4 Å². The average molecular weight is 784 g/mol. The van der Waals surface area contributed by atoms with Gasteiger partial charge in [0, 0.05) is 43.5 Å². The summed E-state index contributed by atoms with van der Waals surface area (Å²) in [5.41, 5.74) is 4.44. The van der Waals surface area contributed by atoms with Crippen molar-refractivity contribution in [3.63, 3.8) is 0 Å². The molecule has 0 saturated carbocycles. The van der Waals surface area contributed by atoms with E-state index in [9.17, 15) is 19.2 Å². The van der Waals surface area contributed by atoms with Crippen molar-refractivity contribution in [2.45, 2.75) is 111 Å². The van der Waals surface area contributed by atoms with E-state index in [0.29, 0.717) is 38.7 Å². The quantitative estimate of drug-likeness (QED) is 0.0477. The van der Waals surface area contributed by atoms with Gasteiger partial charge in [0.15, 0.2) is 0 Å². The van der Waals surface area contributed by atoms with Gasteiger partial charge in [-0.05, 0) is 107 Å². The maximum Gasteiger partial charge on any atom is 0.265 e. The number of halogens is 1. The van der Waals surface area contributed by atoms with Crippen LogP contribution in [-0.2, 0) is 0 Å². The second-order valence-electron chi connectivity index (χ2n) is 15.5. The van der Waals surface area contributed by atoms with Crippen LogP contribution in [0.3, 0.4) is 0 Å². The predicted octanol–water partition coefficient (Wildman–Crippen LogP) is 12.6. The minimum absolute atomic E-state index is 0.125. The third-order valence-electron chi connectivity index (χ3n) is 12.0. The summed E-state index contributed by atoms with van der Waals surface area (Å²) in [5.74, 6) is -1.10. The number of benzene rings is 6. The Hall–Kier alpha value is -4.62. The van der Waals surface area contributed by atoms with Gasteiger partial charge in [0.1, 0.15) is 0 Å². The van der Waals surface area contributed by atoms with Crippen LogP contribution in [0.4, 0.5) is 5.69 Å². The smallest absolute Gasteiger partial charge is 0.265 e. The average Bonchev–Trinajstić information content (AvgIpc) is 3.16. The molecular formula is C47H47BrN2O4. The molecule has 0 saturated heterocycles. The van der Waals surface area contributed by atoms with Gasteiger partial charge in [-0.2, -0.15) is 0 Å². The fraction of sp³-hybridized carbons (Fsp3) is 0.362. The first kappa shape index (κ1) is 36.4. The summed E-state index contributed by atoms with van der Waals surface area (Å²) in [7, 11) is 0. The van der Waals surface area contributed by atoms with Crippen LogP contribution in [0.15, 0.2) is 65.1 Å². The minimum atomic E-state index is -0.348. The fourth-order valence-corrected chi connectivity index (χ4v) is 9.67. The number of carbonyl (C=O) groups is 4. The zero-order valence-electron chi connectivity index (χ0n) is 31.7. The number of aryl methyl sites for hydroxylation is 2. The van der Waals surface area contributed by atoms with E-state index in [4.69, 9.17) is 0 Å². The number of unbranched alkanes of at least 4 members (excludes halogenated alkanes) is 8. The molecule has 0 radical (unpaired) electrons. The van der Waals surface area contributed by atoms with Crippen LogP contribution < -0.4 is 4.90 Å². The van der Waals surface area contributed by atoms with Gasteiger partial charge in [0.2, 0.25) is 0 Å². The number of hydrogen-bond acceptors (Lipinski definition) is 4. The molecule has 0 N–H and O–H groups in total. The standard InChI is InChI=1S/C47H47BrN2O4/c1-5-7-9-11-13-15-29(16-14-12-10-8-6-2)49-44(51)34-21-17-30-32-19-23-36-43-37(47(54)50(46(36)53)39-26-27(3)38(48)25-28(39)4)24-20-33(41(32)43)31-18-22-35(45(49)52)42(34)40(30)31/h17-26,29H,5-16H2,1-4H3. The SMILES string of the molecule is CCCCCCCC(CCCCCCC)N1C(=O)c2ccc3c4ccc5c6c(ccc(c7ccc(c2c37)C1=O)c64)C(=O)N(c1cc(C)c(Br)cc1C)C5=O. The van der Waals surface area contributed by atoms with Gasteiger partial charge < -0.3 is 0 Å². The molecule has 0 bridgehead atoms. The lowest BCUT2D eigenvalue weighted by Gasteiger charge is -2.35. The Morgan fingerprint density at radius 2 is 0.907 bits per heavy atom. The molecule has 6 aromatic rings. The van der Waals surface area contributed by atoms with E-state index in [-0.39, 0.29) is 29.7 Å². The van der Waals surface area contributed by atoms with Gasteiger partial charge in [-0.3, -0.25) is 24.1 Å². The lowest BCUT2D eigenvalue weighted by atomic mass is 9.82. The second-order valence-corrected chi connectivity index (χ2v) is 16.4. The molecule has 2 heterocycles. The molecule has 4 amide bonds. The summed E-state index contributed by atoms with van der Waals surface area (Å²) in [6.45, 7) is 8.28. The van der Waals surface area contributed by atoms with Crippen LogP contribution in [0, 0.1) is 13.8 Å². The molecule has 8 rings (SSSR count). The molecule has 0 fully saturated rings. The zero-order chi connectivity index (χ0) is 37.8. The highest BCUT2D eigenvalue weighted by Gasteiger charge is 2.39. The topological polar surface area (TPSA) is 74.8 Å². The lowest BCUT2D eigenvalue weighted by Crippen LogP contribution is -2.47. The summed E-state index contributed by atoms with van der Waals surface area (Å²) < 4.78 is 0.921. The molecule has 6 aromatic carbocycles. The second kappa shape index (κ2) is 14.6. The predicted molar refractivity (Wildman–Crippen MR) is 223 cm³/mol. The maximum absolute atomic E-state index is 14.5. The number of imide groups is 2. The normalized spacial score (nSPS) is 14.4. The van der Waals surface area contributed by atoms with Gasteiger partial charge in [0.05, 0.1) is 5.69 Å². The Morgan fingerprint density at radius 3 is 1.33 bits per heavy atom. The number of carbonyl (C=O) groups excluding carboxylic acids is 4. The lowest BCUT2D eigenvalue weighted by molar-refractivity contribution is 0.0516. The molecule has 7 heteroatoms.